The van der Waals surface area contributed by atoms with Crippen LogP contribution in [0.4, 0.5) is 0 Å². The molecule has 0 aliphatic heterocycles. The summed E-state index contributed by atoms with van der Waals surface area (Å²) in [7, 11) is 0. The van der Waals surface area contributed by atoms with E-state index < -0.39 is 5.97 Å². The second-order valence-electron chi connectivity index (χ2n) is 2.20. The Bertz CT molecular complexity index is 263. The summed E-state index contributed by atoms with van der Waals surface area (Å²) in [6.45, 7) is 0. The summed E-state index contributed by atoms with van der Waals surface area (Å²) in [5.41, 5.74) is 0.766. The van der Waals surface area contributed by atoms with Crippen molar-refractivity contribution in [2.45, 2.75) is 6.42 Å². The number of halogens is 1. The minimum Gasteiger partial charge on any atom is -1.00 e. The summed E-state index contributed by atoms with van der Waals surface area (Å²) in [6.07, 6.45) is 0.0527. The van der Waals surface area contributed by atoms with Crippen LogP contribution in [-0.4, -0.2) is 11.1 Å². The molecule has 0 atom stereocenters. The predicted octanol–water partition coefficient (Wildman–Crippen LogP) is -0.916. The van der Waals surface area contributed by atoms with Crippen molar-refractivity contribution < 1.29 is 40.9 Å². The molecule has 4 heteroatoms. The standard InChI is InChI=1S/C8H7ClO2.Na.H/c9-7-3-1-6(2-4-7)5-8(10)11;;/h1-4H,5H2,(H,10,11);;/q;+1;-1. The zero-order valence-corrected chi connectivity index (χ0v) is 9.51. The molecule has 0 radical (unpaired) electrons. The van der Waals surface area contributed by atoms with E-state index in [2.05, 4.69) is 0 Å². The summed E-state index contributed by atoms with van der Waals surface area (Å²) < 4.78 is 0. The van der Waals surface area contributed by atoms with Crippen LogP contribution < -0.4 is 29.6 Å². The number of hydrogen-bond acceptors (Lipinski definition) is 1. The van der Waals surface area contributed by atoms with Crippen molar-refractivity contribution in [1.82, 2.24) is 0 Å². The third-order valence-electron chi connectivity index (χ3n) is 1.27. The summed E-state index contributed by atoms with van der Waals surface area (Å²) in [5, 5.41) is 9.03. The minimum atomic E-state index is -0.827. The number of hydrogen-bond donors (Lipinski definition) is 1. The Morgan fingerprint density at radius 3 is 2.33 bits per heavy atom. The molecule has 1 rings (SSSR count). The molecule has 12 heavy (non-hydrogen) atoms. The normalized spacial score (nSPS) is 8.75. The maximum atomic E-state index is 10.2. The number of carboxylic acid groups (broad SMARTS) is 1. The molecule has 0 heterocycles. The van der Waals surface area contributed by atoms with E-state index in [9.17, 15) is 4.79 Å². The van der Waals surface area contributed by atoms with Crippen LogP contribution in [0.1, 0.15) is 6.99 Å². The molecule has 0 saturated carbocycles. The van der Waals surface area contributed by atoms with Gasteiger partial charge >= 0.3 is 35.5 Å². The molecule has 0 amide bonds. The molecule has 0 spiro atoms. The third-order valence-corrected chi connectivity index (χ3v) is 1.52. The summed E-state index contributed by atoms with van der Waals surface area (Å²) in [5.74, 6) is -0.827. The first-order valence-corrected chi connectivity index (χ1v) is 3.52. The fourth-order valence-electron chi connectivity index (χ4n) is 0.777. The smallest absolute Gasteiger partial charge is 1.00 e. The Kier molecular flexibility index (Phi) is 5.59. The van der Waals surface area contributed by atoms with Crippen molar-refractivity contribution in [3.8, 4) is 0 Å². The summed E-state index contributed by atoms with van der Waals surface area (Å²) >= 11 is 5.60. The number of rotatable bonds is 2. The summed E-state index contributed by atoms with van der Waals surface area (Å²) in [4.78, 5) is 10.2. The van der Waals surface area contributed by atoms with Gasteiger partial charge in [-0.3, -0.25) is 4.79 Å². The third kappa shape index (κ3) is 4.12. The van der Waals surface area contributed by atoms with Gasteiger partial charge in [-0.1, -0.05) is 23.7 Å². The molecule has 0 saturated heterocycles. The van der Waals surface area contributed by atoms with E-state index in [4.69, 9.17) is 16.7 Å². The quantitative estimate of drug-likeness (QED) is 0.619. The Balaban J connectivity index is 0. The first-order chi connectivity index (χ1) is 5.18. The fraction of sp³-hybridized carbons (Fsp3) is 0.125. The first kappa shape index (κ1) is 12.0. The molecule has 0 aliphatic carbocycles. The largest absolute Gasteiger partial charge is 1.00 e. The number of aliphatic carboxylic acids is 1. The molecule has 0 aromatic heterocycles. The monoisotopic (exact) mass is 194 g/mol. The van der Waals surface area contributed by atoms with Gasteiger partial charge in [-0.2, -0.15) is 0 Å². The van der Waals surface area contributed by atoms with Gasteiger partial charge in [0.25, 0.3) is 0 Å². The van der Waals surface area contributed by atoms with Gasteiger partial charge in [0.05, 0.1) is 6.42 Å². The van der Waals surface area contributed by atoms with Crippen molar-refractivity contribution in [1.29, 1.82) is 0 Å². The molecule has 1 aromatic rings. The molecule has 0 aliphatic rings. The number of carboxylic acids is 1. The number of carbonyl (C=O) groups is 1. The Hall–Kier alpha value is -0.0200. The predicted molar refractivity (Wildman–Crippen MR) is 43.9 cm³/mol. The second-order valence-corrected chi connectivity index (χ2v) is 2.63. The van der Waals surface area contributed by atoms with Crippen LogP contribution in [0.25, 0.3) is 0 Å². The van der Waals surface area contributed by atoms with E-state index in [1.807, 2.05) is 0 Å². The Labute approximate surface area is 99.3 Å². The molecule has 60 valence electrons. The van der Waals surface area contributed by atoms with E-state index >= 15 is 0 Å². The van der Waals surface area contributed by atoms with Gasteiger partial charge < -0.3 is 6.53 Å². The van der Waals surface area contributed by atoms with E-state index in [-0.39, 0.29) is 37.4 Å². The second kappa shape index (κ2) is 5.60. The van der Waals surface area contributed by atoms with Crippen LogP contribution in [0.2, 0.25) is 5.02 Å². The molecule has 1 N–H and O–H groups in total. The van der Waals surface area contributed by atoms with Crippen LogP contribution in [0.3, 0.4) is 0 Å². The van der Waals surface area contributed by atoms with Crippen LogP contribution in [0.15, 0.2) is 24.3 Å². The van der Waals surface area contributed by atoms with Gasteiger partial charge in [0.15, 0.2) is 0 Å². The minimum absolute atomic E-state index is 0. The van der Waals surface area contributed by atoms with E-state index in [0.29, 0.717) is 5.02 Å². The average Bonchev–Trinajstić information content (AvgIpc) is 1.93. The van der Waals surface area contributed by atoms with Gasteiger partial charge in [0, 0.05) is 5.02 Å². The molecule has 0 fully saturated rings. The van der Waals surface area contributed by atoms with E-state index in [0.717, 1.165) is 5.56 Å². The van der Waals surface area contributed by atoms with Gasteiger partial charge in [-0.05, 0) is 17.7 Å². The van der Waals surface area contributed by atoms with Gasteiger partial charge in [0.1, 0.15) is 0 Å². The zero-order valence-electron chi connectivity index (χ0n) is 7.75. The van der Waals surface area contributed by atoms with Crippen LogP contribution in [0.5, 0.6) is 0 Å². The van der Waals surface area contributed by atoms with Gasteiger partial charge in [-0.25, -0.2) is 0 Å². The molecular formula is C8H8ClNaO2. The van der Waals surface area contributed by atoms with Gasteiger partial charge in [-0.15, -0.1) is 0 Å². The van der Waals surface area contributed by atoms with Crippen molar-refractivity contribution in [2.75, 3.05) is 0 Å². The van der Waals surface area contributed by atoms with Crippen LogP contribution >= 0.6 is 11.6 Å². The topological polar surface area (TPSA) is 37.3 Å². The summed E-state index contributed by atoms with van der Waals surface area (Å²) in [6, 6.07) is 6.77. The zero-order chi connectivity index (χ0) is 8.27. The van der Waals surface area contributed by atoms with Crippen LogP contribution in [0, 0.1) is 0 Å². The fourth-order valence-corrected chi connectivity index (χ4v) is 0.903. The maximum absolute atomic E-state index is 10.2. The SMILES string of the molecule is O=C(O)Cc1ccc(Cl)cc1.[H-].[Na+]. The van der Waals surface area contributed by atoms with Gasteiger partial charge in [0.2, 0.25) is 0 Å². The van der Waals surface area contributed by atoms with E-state index in [1.165, 1.54) is 0 Å². The molecular weight excluding hydrogens is 187 g/mol. The van der Waals surface area contributed by atoms with Crippen molar-refractivity contribution >= 4 is 17.6 Å². The Morgan fingerprint density at radius 1 is 1.42 bits per heavy atom. The Morgan fingerprint density at radius 2 is 1.92 bits per heavy atom. The average molecular weight is 195 g/mol. The molecule has 2 nitrogen and oxygen atoms in total. The molecule has 0 bridgehead atoms. The van der Waals surface area contributed by atoms with E-state index in [1.54, 1.807) is 24.3 Å². The molecule has 0 unspecified atom stereocenters. The van der Waals surface area contributed by atoms with Crippen molar-refractivity contribution in [2.24, 2.45) is 0 Å². The number of benzene rings is 1. The van der Waals surface area contributed by atoms with Crippen molar-refractivity contribution in [3.05, 3.63) is 34.9 Å². The van der Waals surface area contributed by atoms with Crippen molar-refractivity contribution in [3.63, 3.8) is 0 Å². The van der Waals surface area contributed by atoms with Crippen LogP contribution in [-0.2, 0) is 11.2 Å². The maximum Gasteiger partial charge on any atom is 1.00 e. The first-order valence-electron chi connectivity index (χ1n) is 3.15. The molecule has 1 aromatic carbocycles.